The van der Waals surface area contributed by atoms with Crippen LogP contribution in [-0.2, 0) is 4.79 Å². The second kappa shape index (κ2) is 4.24. The Labute approximate surface area is 74.2 Å². The lowest BCUT2D eigenvalue weighted by Gasteiger charge is -2.13. The number of Topliss-reactive ketones (excluding diaryl/α,β-unsaturated/α-hetero) is 1. The first-order valence-electron chi connectivity index (χ1n) is 4.54. The maximum Gasteiger partial charge on any atom is 0.155 e. The molecular formula is C11H16O. The van der Waals surface area contributed by atoms with E-state index in [9.17, 15) is 4.79 Å². The van der Waals surface area contributed by atoms with Gasteiger partial charge in [0, 0.05) is 0 Å². The quantitative estimate of drug-likeness (QED) is 0.453. The van der Waals surface area contributed by atoms with Gasteiger partial charge >= 0.3 is 0 Å². The second-order valence-electron chi connectivity index (χ2n) is 3.45. The summed E-state index contributed by atoms with van der Waals surface area (Å²) < 4.78 is 0. The molecule has 1 nitrogen and oxygen atoms in total. The molecule has 1 aliphatic carbocycles. The largest absolute Gasteiger partial charge is 0.295 e. The van der Waals surface area contributed by atoms with E-state index in [2.05, 4.69) is 18.2 Å². The van der Waals surface area contributed by atoms with E-state index < -0.39 is 0 Å². The fourth-order valence-electron chi connectivity index (χ4n) is 1.44. The Morgan fingerprint density at radius 1 is 1.42 bits per heavy atom. The van der Waals surface area contributed by atoms with Crippen LogP contribution in [0.5, 0.6) is 0 Å². The Morgan fingerprint density at radius 2 is 2.17 bits per heavy atom. The highest BCUT2D eigenvalue weighted by Gasteiger charge is 2.07. The number of carbonyl (C=O) groups is 1. The molecule has 0 aromatic carbocycles. The maximum absolute atomic E-state index is 10.9. The molecule has 1 aliphatic rings. The smallest absolute Gasteiger partial charge is 0.155 e. The van der Waals surface area contributed by atoms with Crippen LogP contribution in [0, 0.1) is 5.92 Å². The molecule has 0 amide bonds. The summed E-state index contributed by atoms with van der Waals surface area (Å²) >= 11 is 0. The topological polar surface area (TPSA) is 17.1 Å². The summed E-state index contributed by atoms with van der Waals surface area (Å²) in [5.41, 5.74) is 0.912. The summed E-state index contributed by atoms with van der Waals surface area (Å²) in [6.07, 6.45) is 10.00. The third-order valence-corrected chi connectivity index (χ3v) is 2.35. The van der Waals surface area contributed by atoms with Crippen molar-refractivity contribution in [3.63, 3.8) is 0 Å². The molecule has 0 saturated carbocycles. The number of hydrogen-bond acceptors (Lipinski definition) is 1. The summed E-state index contributed by atoms with van der Waals surface area (Å²) in [6.45, 7) is 3.53. The van der Waals surface area contributed by atoms with Crippen LogP contribution in [-0.4, -0.2) is 5.78 Å². The average Bonchev–Trinajstić information content (AvgIpc) is 2.06. The van der Waals surface area contributed by atoms with Crippen molar-refractivity contribution in [1.29, 1.82) is 0 Å². The predicted molar refractivity (Wildman–Crippen MR) is 50.9 cm³/mol. The van der Waals surface area contributed by atoms with Crippen LogP contribution in [0.2, 0.25) is 0 Å². The first kappa shape index (κ1) is 9.24. The summed E-state index contributed by atoms with van der Waals surface area (Å²) in [6, 6.07) is 0. The molecular weight excluding hydrogens is 148 g/mol. The van der Waals surface area contributed by atoms with E-state index >= 15 is 0 Å². The zero-order chi connectivity index (χ0) is 8.97. The standard InChI is InChI=1S/C11H16O/c1-9(10(2)12)8-11-6-4-3-5-7-11/h3-4,8,11H,5-7H2,1-2H3/b9-8+. The molecule has 0 aromatic rings. The highest BCUT2D eigenvalue weighted by atomic mass is 16.1. The fraction of sp³-hybridized carbons (Fsp3) is 0.545. The highest BCUT2D eigenvalue weighted by molar-refractivity contribution is 5.92. The number of ketones is 1. The molecule has 1 heteroatoms. The molecule has 1 unspecified atom stereocenters. The minimum Gasteiger partial charge on any atom is -0.295 e. The van der Waals surface area contributed by atoms with Crippen molar-refractivity contribution in [2.24, 2.45) is 5.92 Å². The van der Waals surface area contributed by atoms with Crippen molar-refractivity contribution < 1.29 is 4.79 Å². The number of rotatable bonds is 2. The first-order valence-corrected chi connectivity index (χ1v) is 4.54. The monoisotopic (exact) mass is 164 g/mol. The fourth-order valence-corrected chi connectivity index (χ4v) is 1.44. The van der Waals surface area contributed by atoms with Crippen LogP contribution in [0.3, 0.4) is 0 Å². The second-order valence-corrected chi connectivity index (χ2v) is 3.45. The third kappa shape index (κ3) is 2.65. The highest BCUT2D eigenvalue weighted by Crippen LogP contribution is 2.20. The molecule has 12 heavy (non-hydrogen) atoms. The van der Waals surface area contributed by atoms with Crippen molar-refractivity contribution in [3.05, 3.63) is 23.8 Å². The maximum atomic E-state index is 10.9. The van der Waals surface area contributed by atoms with Gasteiger partial charge in [0.1, 0.15) is 0 Å². The van der Waals surface area contributed by atoms with Gasteiger partial charge < -0.3 is 0 Å². The van der Waals surface area contributed by atoms with Gasteiger partial charge in [0.05, 0.1) is 0 Å². The van der Waals surface area contributed by atoms with Crippen molar-refractivity contribution in [2.45, 2.75) is 33.1 Å². The van der Waals surface area contributed by atoms with Crippen molar-refractivity contribution in [1.82, 2.24) is 0 Å². The lowest BCUT2D eigenvalue weighted by Crippen LogP contribution is -2.02. The molecule has 0 bridgehead atoms. The van der Waals surface area contributed by atoms with Crippen molar-refractivity contribution in [3.8, 4) is 0 Å². The van der Waals surface area contributed by atoms with Gasteiger partial charge in [0.15, 0.2) is 5.78 Å². The van der Waals surface area contributed by atoms with Crippen molar-refractivity contribution in [2.75, 3.05) is 0 Å². The molecule has 0 heterocycles. The summed E-state index contributed by atoms with van der Waals surface area (Å²) in [4.78, 5) is 10.9. The van der Waals surface area contributed by atoms with E-state index in [-0.39, 0.29) is 5.78 Å². The molecule has 0 saturated heterocycles. The normalized spacial score (nSPS) is 24.2. The van der Waals surface area contributed by atoms with Gasteiger partial charge in [-0.25, -0.2) is 0 Å². The predicted octanol–water partition coefficient (Wildman–Crippen LogP) is 2.88. The Balaban J connectivity index is 2.54. The molecule has 0 spiro atoms. The van der Waals surface area contributed by atoms with E-state index in [4.69, 9.17) is 0 Å². The minimum atomic E-state index is 0.199. The SMILES string of the molecule is CC(=O)/C(C)=C/C1CC=CCC1. The van der Waals surface area contributed by atoms with Gasteiger partial charge in [-0.2, -0.15) is 0 Å². The van der Waals surface area contributed by atoms with E-state index in [1.54, 1.807) is 6.92 Å². The van der Waals surface area contributed by atoms with Gasteiger partial charge in [-0.1, -0.05) is 18.2 Å². The van der Waals surface area contributed by atoms with Gasteiger partial charge in [0.2, 0.25) is 0 Å². The van der Waals surface area contributed by atoms with Crippen LogP contribution in [0.15, 0.2) is 23.8 Å². The van der Waals surface area contributed by atoms with E-state index in [0.717, 1.165) is 18.4 Å². The van der Waals surface area contributed by atoms with Crippen LogP contribution >= 0.6 is 0 Å². The molecule has 1 atom stereocenters. The van der Waals surface area contributed by atoms with E-state index in [1.807, 2.05) is 6.92 Å². The molecule has 0 N–H and O–H groups in total. The van der Waals surface area contributed by atoms with Gasteiger partial charge in [-0.3, -0.25) is 4.79 Å². The molecule has 0 radical (unpaired) electrons. The Hall–Kier alpha value is -0.850. The molecule has 0 aromatic heterocycles. The lowest BCUT2D eigenvalue weighted by atomic mass is 9.92. The molecule has 66 valence electrons. The first-order chi connectivity index (χ1) is 5.70. The average molecular weight is 164 g/mol. The third-order valence-electron chi connectivity index (χ3n) is 2.35. The summed E-state index contributed by atoms with van der Waals surface area (Å²) in [5.74, 6) is 0.795. The van der Waals surface area contributed by atoms with E-state index in [1.165, 1.54) is 6.42 Å². The minimum absolute atomic E-state index is 0.199. The van der Waals surface area contributed by atoms with Crippen molar-refractivity contribution >= 4 is 5.78 Å². The molecule has 0 fully saturated rings. The van der Waals surface area contributed by atoms with Gasteiger partial charge in [-0.15, -0.1) is 0 Å². The summed E-state index contributed by atoms with van der Waals surface area (Å²) in [5, 5.41) is 0. The number of carbonyl (C=O) groups excluding carboxylic acids is 1. The number of allylic oxidation sites excluding steroid dienone is 4. The van der Waals surface area contributed by atoms with Crippen LogP contribution in [0.4, 0.5) is 0 Å². The lowest BCUT2D eigenvalue weighted by molar-refractivity contribution is -0.113. The van der Waals surface area contributed by atoms with Crippen LogP contribution in [0.25, 0.3) is 0 Å². The molecule has 1 rings (SSSR count). The summed E-state index contributed by atoms with van der Waals surface area (Å²) in [7, 11) is 0. The zero-order valence-electron chi connectivity index (χ0n) is 7.84. The van der Waals surface area contributed by atoms with Gasteiger partial charge in [-0.05, 0) is 44.6 Å². The molecule has 0 aliphatic heterocycles. The Bertz CT molecular complexity index is 223. The van der Waals surface area contributed by atoms with E-state index in [0.29, 0.717) is 5.92 Å². The Morgan fingerprint density at radius 3 is 2.67 bits per heavy atom. The number of hydrogen-bond donors (Lipinski definition) is 0. The van der Waals surface area contributed by atoms with Crippen LogP contribution in [0.1, 0.15) is 33.1 Å². The van der Waals surface area contributed by atoms with Crippen LogP contribution < -0.4 is 0 Å². The Kier molecular flexibility index (Phi) is 3.27. The van der Waals surface area contributed by atoms with Gasteiger partial charge in [0.25, 0.3) is 0 Å². The zero-order valence-corrected chi connectivity index (χ0v) is 7.84.